The molecule has 0 heterocycles. The fraction of sp³-hybridized carbons (Fsp3) is 0.500. The highest BCUT2D eigenvalue weighted by atomic mass is 19.4. The van der Waals surface area contributed by atoms with Gasteiger partial charge in [-0.25, -0.2) is 0 Å². The van der Waals surface area contributed by atoms with Gasteiger partial charge in [0.15, 0.2) is 0 Å². The van der Waals surface area contributed by atoms with Gasteiger partial charge in [0.2, 0.25) is 0 Å². The van der Waals surface area contributed by atoms with Crippen LogP contribution in [0, 0.1) is 0 Å². The van der Waals surface area contributed by atoms with Crippen molar-refractivity contribution in [1.82, 2.24) is 0 Å². The third-order valence-electron chi connectivity index (χ3n) is 2.46. The maximum absolute atomic E-state index is 12.1. The number of benzene rings is 1. The van der Waals surface area contributed by atoms with Crippen LogP contribution in [0.25, 0.3) is 0 Å². The lowest BCUT2D eigenvalue weighted by molar-refractivity contribution is -0.140. The van der Waals surface area contributed by atoms with Gasteiger partial charge in [-0.05, 0) is 24.1 Å². The van der Waals surface area contributed by atoms with E-state index in [-0.39, 0.29) is 6.42 Å². The maximum Gasteiger partial charge on any atom is 0.389 e. The summed E-state index contributed by atoms with van der Waals surface area (Å²) in [7, 11) is 2.86. The summed E-state index contributed by atoms with van der Waals surface area (Å²) in [6, 6.07) is 4.56. The van der Waals surface area contributed by atoms with E-state index in [9.17, 15) is 18.3 Å². The van der Waals surface area contributed by atoms with Crippen LogP contribution in [-0.4, -0.2) is 25.5 Å². The number of hydrogen-bond donors (Lipinski definition) is 1. The van der Waals surface area contributed by atoms with Crippen LogP contribution in [0.3, 0.4) is 0 Å². The molecule has 1 N–H and O–H groups in total. The molecule has 0 aliphatic heterocycles. The molecule has 0 fully saturated rings. The first-order valence-corrected chi connectivity index (χ1v) is 5.33. The second-order valence-corrected chi connectivity index (χ2v) is 3.82. The fourth-order valence-corrected chi connectivity index (χ4v) is 1.49. The summed E-state index contributed by atoms with van der Waals surface area (Å²) in [5.41, 5.74) is 0.343. The molecule has 6 heteroatoms. The molecular formula is C12H15F3O3. The van der Waals surface area contributed by atoms with Gasteiger partial charge in [-0.3, -0.25) is 0 Å². The van der Waals surface area contributed by atoms with Crippen LogP contribution < -0.4 is 9.47 Å². The van der Waals surface area contributed by atoms with Gasteiger partial charge in [-0.1, -0.05) is 0 Å². The number of aliphatic hydroxyl groups excluding tert-OH is 1. The third-order valence-corrected chi connectivity index (χ3v) is 2.46. The summed E-state index contributed by atoms with van der Waals surface area (Å²) in [6.45, 7) is 0. The number of methoxy groups -OCH3 is 2. The van der Waals surface area contributed by atoms with Crippen LogP contribution in [0.1, 0.15) is 24.5 Å². The monoisotopic (exact) mass is 264 g/mol. The van der Waals surface area contributed by atoms with Crippen molar-refractivity contribution >= 4 is 0 Å². The lowest BCUT2D eigenvalue weighted by Gasteiger charge is -2.14. The summed E-state index contributed by atoms with van der Waals surface area (Å²) >= 11 is 0. The third kappa shape index (κ3) is 4.44. The number of alkyl halides is 3. The van der Waals surface area contributed by atoms with Crippen LogP contribution in [-0.2, 0) is 0 Å². The van der Waals surface area contributed by atoms with Crippen molar-refractivity contribution in [2.75, 3.05) is 14.2 Å². The van der Waals surface area contributed by atoms with Crippen LogP contribution in [0.5, 0.6) is 11.5 Å². The lowest BCUT2D eigenvalue weighted by Crippen LogP contribution is -2.10. The minimum atomic E-state index is -4.27. The quantitative estimate of drug-likeness (QED) is 0.888. The summed E-state index contributed by atoms with van der Waals surface area (Å²) in [5.74, 6) is 0.853. The van der Waals surface area contributed by atoms with Gasteiger partial charge >= 0.3 is 6.18 Å². The summed E-state index contributed by atoms with van der Waals surface area (Å²) in [5, 5.41) is 9.71. The molecule has 3 nitrogen and oxygen atoms in total. The van der Waals surface area contributed by atoms with Gasteiger partial charge in [0.1, 0.15) is 11.5 Å². The smallest absolute Gasteiger partial charge is 0.389 e. The average molecular weight is 264 g/mol. The largest absolute Gasteiger partial charge is 0.497 e. The summed E-state index contributed by atoms with van der Waals surface area (Å²) in [6.07, 6.45) is -6.90. The Hall–Kier alpha value is -1.43. The summed E-state index contributed by atoms with van der Waals surface area (Å²) < 4.78 is 46.1. The Morgan fingerprint density at radius 3 is 2.00 bits per heavy atom. The van der Waals surface area contributed by atoms with Crippen LogP contribution in [0.15, 0.2) is 18.2 Å². The fourth-order valence-electron chi connectivity index (χ4n) is 1.49. The van der Waals surface area contributed by atoms with Crippen molar-refractivity contribution in [3.05, 3.63) is 23.8 Å². The number of hydrogen-bond acceptors (Lipinski definition) is 3. The van der Waals surface area contributed by atoms with Crippen molar-refractivity contribution in [2.45, 2.75) is 25.1 Å². The van der Waals surface area contributed by atoms with Gasteiger partial charge in [0.25, 0.3) is 0 Å². The van der Waals surface area contributed by atoms with Crippen LogP contribution in [0.4, 0.5) is 13.2 Å². The van der Waals surface area contributed by atoms with Crippen molar-refractivity contribution < 1.29 is 27.8 Å². The first-order valence-electron chi connectivity index (χ1n) is 5.33. The molecule has 0 spiro atoms. The van der Waals surface area contributed by atoms with E-state index in [2.05, 4.69) is 0 Å². The Morgan fingerprint density at radius 2 is 1.61 bits per heavy atom. The molecule has 0 amide bonds. The molecule has 1 aromatic carbocycles. The second-order valence-electron chi connectivity index (χ2n) is 3.82. The van der Waals surface area contributed by atoms with Crippen molar-refractivity contribution in [2.24, 2.45) is 0 Å². The predicted molar refractivity (Wildman–Crippen MR) is 59.8 cm³/mol. The molecule has 0 radical (unpaired) electrons. The minimum Gasteiger partial charge on any atom is -0.497 e. The standard InChI is InChI=1S/C12H15F3O3/c1-17-9-5-8(6-10(7-9)18-2)11(16)3-4-12(13,14)15/h5-7,11,16H,3-4H2,1-2H3. The minimum absolute atomic E-state index is 0.343. The predicted octanol–water partition coefficient (Wildman–Crippen LogP) is 3.08. The van der Waals surface area contributed by atoms with Crippen molar-refractivity contribution in [3.8, 4) is 11.5 Å². The maximum atomic E-state index is 12.1. The van der Waals surface area contributed by atoms with E-state index in [1.54, 1.807) is 6.07 Å². The van der Waals surface area contributed by atoms with E-state index in [0.29, 0.717) is 17.1 Å². The van der Waals surface area contributed by atoms with Crippen molar-refractivity contribution in [1.29, 1.82) is 0 Å². The highest BCUT2D eigenvalue weighted by Crippen LogP contribution is 2.31. The normalized spacial score (nSPS) is 13.2. The average Bonchev–Trinajstić information content (AvgIpc) is 2.34. The molecule has 1 atom stereocenters. The number of ether oxygens (including phenoxy) is 2. The first-order chi connectivity index (χ1) is 8.35. The number of halogens is 3. The molecular weight excluding hydrogens is 249 g/mol. The molecule has 18 heavy (non-hydrogen) atoms. The Morgan fingerprint density at radius 1 is 1.11 bits per heavy atom. The molecule has 0 aliphatic carbocycles. The van der Waals surface area contributed by atoms with E-state index in [4.69, 9.17) is 9.47 Å². The van der Waals surface area contributed by atoms with Gasteiger partial charge in [-0.2, -0.15) is 13.2 Å². The zero-order valence-corrected chi connectivity index (χ0v) is 10.1. The van der Waals surface area contributed by atoms with Crippen molar-refractivity contribution in [3.63, 3.8) is 0 Å². The molecule has 1 rings (SSSR count). The zero-order chi connectivity index (χ0) is 13.8. The molecule has 0 saturated heterocycles. The van der Waals surface area contributed by atoms with E-state index < -0.39 is 18.7 Å². The molecule has 1 unspecified atom stereocenters. The van der Waals surface area contributed by atoms with Crippen LogP contribution in [0.2, 0.25) is 0 Å². The highest BCUT2D eigenvalue weighted by molar-refractivity contribution is 5.39. The summed E-state index contributed by atoms with van der Waals surface area (Å²) in [4.78, 5) is 0. The van der Waals surface area contributed by atoms with Gasteiger partial charge in [0.05, 0.1) is 20.3 Å². The molecule has 0 bridgehead atoms. The molecule has 1 aromatic rings. The molecule has 0 saturated carbocycles. The molecule has 102 valence electrons. The number of aliphatic hydroxyl groups is 1. The SMILES string of the molecule is COc1cc(OC)cc(C(O)CCC(F)(F)F)c1. The second kappa shape index (κ2) is 5.95. The van der Waals surface area contributed by atoms with E-state index >= 15 is 0 Å². The first kappa shape index (κ1) is 14.6. The Balaban J connectivity index is 2.81. The topological polar surface area (TPSA) is 38.7 Å². The van der Waals surface area contributed by atoms with E-state index in [1.165, 1.54) is 26.4 Å². The van der Waals surface area contributed by atoms with Gasteiger partial charge < -0.3 is 14.6 Å². The Kier molecular flexibility index (Phi) is 4.84. The molecule has 0 aromatic heterocycles. The number of rotatable bonds is 5. The van der Waals surface area contributed by atoms with E-state index in [0.717, 1.165) is 0 Å². The Bertz CT molecular complexity index is 368. The van der Waals surface area contributed by atoms with Gasteiger partial charge in [-0.15, -0.1) is 0 Å². The zero-order valence-electron chi connectivity index (χ0n) is 10.1. The molecule has 0 aliphatic rings. The van der Waals surface area contributed by atoms with E-state index in [1.807, 2.05) is 0 Å². The Labute approximate surface area is 103 Å². The van der Waals surface area contributed by atoms with Gasteiger partial charge in [0, 0.05) is 12.5 Å². The lowest BCUT2D eigenvalue weighted by atomic mass is 10.0. The highest BCUT2D eigenvalue weighted by Gasteiger charge is 2.28. The van der Waals surface area contributed by atoms with Crippen LogP contribution >= 0.6 is 0 Å².